The molecule has 156 valence electrons. The summed E-state index contributed by atoms with van der Waals surface area (Å²) >= 11 is 0. The Labute approximate surface area is 182 Å². The molecule has 2 aromatic carbocycles. The lowest BCUT2D eigenvalue weighted by Gasteiger charge is -2.08. The second-order valence-corrected chi connectivity index (χ2v) is 8.01. The summed E-state index contributed by atoms with van der Waals surface area (Å²) < 4.78 is 14.1. The Morgan fingerprint density at radius 1 is 1.03 bits per heavy atom. The van der Waals surface area contributed by atoms with Crippen molar-refractivity contribution in [2.24, 2.45) is 0 Å². The summed E-state index contributed by atoms with van der Waals surface area (Å²) in [6.45, 7) is 6.51. The van der Waals surface area contributed by atoms with Crippen molar-refractivity contribution in [2.75, 3.05) is 0 Å². The van der Waals surface area contributed by atoms with Gasteiger partial charge in [-0.2, -0.15) is 0 Å². The van der Waals surface area contributed by atoms with Gasteiger partial charge in [0.25, 0.3) is 0 Å². The Kier molecular flexibility index (Phi) is 5.81. The quantitative estimate of drug-likeness (QED) is 0.569. The zero-order chi connectivity index (χ0) is 22.0. The van der Waals surface area contributed by atoms with Gasteiger partial charge in [0.05, 0.1) is 12.1 Å². The van der Waals surface area contributed by atoms with Crippen molar-refractivity contribution in [1.82, 2.24) is 10.3 Å². The fourth-order valence-electron chi connectivity index (χ4n) is 4.01. The first-order valence-corrected chi connectivity index (χ1v) is 10.4. The Hall–Kier alpha value is -3.53. The number of nitrogens with zero attached hydrogens (tertiary/aromatic N) is 1. The Morgan fingerprint density at radius 3 is 2.55 bits per heavy atom. The van der Waals surface area contributed by atoms with Crippen molar-refractivity contribution in [2.45, 2.75) is 33.7 Å². The summed E-state index contributed by atoms with van der Waals surface area (Å²) in [5.41, 5.74) is 8.66. The zero-order valence-corrected chi connectivity index (χ0v) is 18.0. The van der Waals surface area contributed by atoms with Gasteiger partial charge in [0.1, 0.15) is 5.82 Å². The number of hydrogen-bond acceptors (Lipinski definition) is 2. The standard InChI is InChI=1S/C27H25FN2O/c1-17-11-18(2)26(29-15-17)13-23-19(3)24(25-12-21(28)9-10-22(23)25)14-27(31)30-16-20-7-5-4-6-8-20/h4-13,15H,14,16H2,1-3H3,(H,30,31)/b23-13-. The third-order valence-corrected chi connectivity index (χ3v) is 5.66. The van der Waals surface area contributed by atoms with E-state index in [2.05, 4.69) is 16.4 Å². The first-order valence-electron chi connectivity index (χ1n) is 10.4. The average Bonchev–Trinajstić information content (AvgIpc) is 3.00. The van der Waals surface area contributed by atoms with Crippen molar-refractivity contribution in [3.63, 3.8) is 0 Å². The minimum Gasteiger partial charge on any atom is -0.352 e. The summed E-state index contributed by atoms with van der Waals surface area (Å²) in [7, 11) is 0. The summed E-state index contributed by atoms with van der Waals surface area (Å²) in [5, 5.41) is 2.97. The Bertz CT molecular complexity index is 1210. The molecule has 4 heteroatoms. The number of fused-ring (bicyclic) bond motifs is 1. The second-order valence-electron chi connectivity index (χ2n) is 8.01. The third-order valence-electron chi connectivity index (χ3n) is 5.66. The number of halogens is 1. The van der Waals surface area contributed by atoms with Crippen LogP contribution in [0, 0.1) is 19.7 Å². The van der Waals surface area contributed by atoms with Gasteiger partial charge in [0, 0.05) is 12.7 Å². The van der Waals surface area contributed by atoms with E-state index in [9.17, 15) is 9.18 Å². The number of aryl methyl sites for hydroxylation is 2. The largest absolute Gasteiger partial charge is 0.352 e. The number of aromatic nitrogens is 1. The molecule has 4 rings (SSSR count). The van der Waals surface area contributed by atoms with Gasteiger partial charge < -0.3 is 5.32 Å². The molecule has 0 aliphatic heterocycles. The van der Waals surface area contributed by atoms with Crippen molar-refractivity contribution in [1.29, 1.82) is 0 Å². The number of nitrogens with one attached hydrogen (secondary N) is 1. The molecule has 1 heterocycles. The number of hydrogen-bond donors (Lipinski definition) is 1. The Balaban J connectivity index is 1.65. The molecule has 0 unspecified atom stereocenters. The number of carbonyl (C=O) groups is 1. The number of pyridine rings is 1. The molecule has 1 aliphatic carbocycles. The van der Waals surface area contributed by atoms with E-state index in [4.69, 9.17) is 0 Å². The molecule has 0 bridgehead atoms. The lowest BCUT2D eigenvalue weighted by Crippen LogP contribution is -2.22. The van der Waals surface area contributed by atoms with E-state index in [0.29, 0.717) is 6.54 Å². The summed E-state index contributed by atoms with van der Waals surface area (Å²) in [5.74, 6) is -0.390. The zero-order valence-electron chi connectivity index (χ0n) is 18.0. The van der Waals surface area contributed by atoms with Gasteiger partial charge in [-0.05, 0) is 83.5 Å². The fraction of sp³-hybridized carbons (Fsp3) is 0.185. The highest BCUT2D eigenvalue weighted by atomic mass is 19.1. The number of amides is 1. The van der Waals surface area contributed by atoms with Gasteiger partial charge in [-0.25, -0.2) is 4.39 Å². The van der Waals surface area contributed by atoms with E-state index in [-0.39, 0.29) is 18.1 Å². The SMILES string of the molecule is CC1=C(CC(=O)NCc2ccccc2)c2cc(F)ccc2/C1=C\c1ncc(C)cc1C. The van der Waals surface area contributed by atoms with Crippen molar-refractivity contribution in [3.8, 4) is 0 Å². The molecule has 1 aliphatic rings. The number of carbonyl (C=O) groups excluding carboxylic acids is 1. The molecule has 0 atom stereocenters. The van der Waals surface area contributed by atoms with E-state index in [1.54, 1.807) is 6.07 Å². The van der Waals surface area contributed by atoms with Crippen LogP contribution in [0.4, 0.5) is 4.39 Å². The van der Waals surface area contributed by atoms with Gasteiger partial charge in [-0.1, -0.05) is 42.5 Å². The van der Waals surface area contributed by atoms with E-state index in [0.717, 1.165) is 50.2 Å². The van der Waals surface area contributed by atoms with Gasteiger partial charge in [-0.3, -0.25) is 9.78 Å². The van der Waals surface area contributed by atoms with Crippen LogP contribution >= 0.6 is 0 Å². The summed E-state index contributed by atoms with van der Waals surface area (Å²) in [4.78, 5) is 17.3. The molecule has 3 nitrogen and oxygen atoms in total. The van der Waals surface area contributed by atoms with Crippen LogP contribution in [-0.2, 0) is 11.3 Å². The third kappa shape index (κ3) is 4.48. The molecule has 0 fully saturated rings. The first-order chi connectivity index (χ1) is 14.9. The normalized spacial score (nSPS) is 14.1. The highest BCUT2D eigenvalue weighted by molar-refractivity contribution is 6.08. The van der Waals surface area contributed by atoms with Gasteiger partial charge >= 0.3 is 0 Å². The van der Waals surface area contributed by atoms with Gasteiger partial charge in [0.2, 0.25) is 5.91 Å². The van der Waals surface area contributed by atoms with Crippen LogP contribution in [0.15, 0.2) is 66.4 Å². The lowest BCUT2D eigenvalue weighted by atomic mass is 10.0. The van der Waals surface area contributed by atoms with Gasteiger partial charge in [-0.15, -0.1) is 0 Å². The van der Waals surface area contributed by atoms with Crippen molar-refractivity contribution >= 4 is 23.1 Å². The van der Waals surface area contributed by atoms with Crippen molar-refractivity contribution < 1.29 is 9.18 Å². The molecule has 0 radical (unpaired) electrons. The lowest BCUT2D eigenvalue weighted by molar-refractivity contribution is -0.120. The summed E-state index contributed by atoms with van der Waals surface area (Å²) in [6.07, 6.45) is 4.08. The monoisotopic (exact) mass is 412 g/mol. The average molecular weight is 413 g/mol. The molecular weight excluding hydrogens is 387 g/mol. The van der Waals surface area contributed by atoms with E-state index in [1.165, 1.54) is 12.1 Å². The van der Waals surface area contributed by atoms with Crippen LogP contribution in [0.3, 0.4) is 0 Å². The van der Waals surface area contributed by atoms with E-state index >= 15 is 0 Å². The molecule has 0 saturated carbocycles. The molecule has 1 N–H and O–H groups in total. The van der Waals surface area contributed by atoms with E-state index < -0.39 is 0 Å². The van der Waals surface area contributed by atoms with Crippen molar-refractivity contribution in [3.05, 3.63) is 106 Å². The van der Waals surface area contributed by atoms with Crippen LogP contribution in [0.5, 0.6) is 0 Å². The van der Waals surface area contributed by atoms with Crippen LogP contribution in [0.1, 0.15) is 46.9 Å². The first kappa shape index (κ1) is 20.7. The second kappa shape index (κ2) is 8.68. The number of benzene rings is 2. The maximum atomic E-state index is 14.1. The van der Waals surface area contributed by atoms with Crippen LogP contribution in [0.2, 0.25) is 0 Å². The predicted molar refractivity (Wildman–Crippen MR) is 123 cm³/mol. The van der Waals surface area contributed by atoms with Crippen LogP contribution in [-0.4, -0.2) is 10.9 Å². The highest BCUT2D eigenvalue weighted by Gasteiger charge is 2.26. The molecule has 0 spiro atoms. The number of allylic oxidation sites excluding steroid dienone is 2. The number of rotatable bonds is 5. The van der Waals surface area contributed by atoms with Crippen LogP contribution in [0.25, 0.3) is 17.2 Å². The molecule has 3 aromatic rings. The Morgan fingerprint density at radius 2 is 1.81 bits per heavy atom. The fourth-order valence-corrected chi connectivity index (χ4v) is 4.01. The summed E-state index contributed by atoms with van der Waals surface area (Å²) in [6, 6.07) is 16.7. The maximum absolute atomic E-state index is 14.1. The topological polar surface area (TPSA) is 42.0 Å². The molecule has 0 saturated heterocycles. The maximum Gasteiger partial charge on any atom is 0.224 e. The van der Waals surface area contributed by atoms with Crippen LogP contribution < -0.4 is 5.32 Å². The predicted octanol–water partition coefficient (Wildman–Crippen LogP) is 5.87. The molecule has 1 amide bonds. The molecule has 1 aromatic heterocycles. The molecule has 31 heavy (non-hydrogen) atoms. The minimum atomic E-state index is -0.306. The minimum absolute atomic E-state index is 0.0840. The molecular formula is C27H25FN2O. The highest BCUT2D eigenvalue weighted by Crippen LogP contribution is 2.43. The smallest absolute Gasteiger partial charge is 0.224 e. The van der Waals surface area contributed by atoms with Gasteiger partial charge in [0.15, 0.2) is 0 Å². The van der Waals surface area contributed by atoms with E-state index in [1.807, 2.05) is 63.4 Å².